The van der Waals surface area contributed by atoms with Gasteiger partial charge in [0.15, 0.2) is 0 Å². The summed E-state index contributed by atoms with van der Waals surface area (Å²) >= 11 is 0. The maximum absolute atomic E-state index is 12.7. The van der Waals surface area contributed by atoms with Gasteiger partial charge in [-0.1, -0.05) is 24.6 Å². The normalized spacial score (nSPS) is 20.2. The molecule has 2 aromatic rings. The summed E-state index contributed by atoms with van der Waals surface area (Å²) in [6.07, 6.45) is 4.78. The van der Waals surface area contributed by atoms with E-state index in [1.54, 1.807) is 0 Å². The number of likely N-dealkylation sites (tertiary alicyclic amines) is 1. The van der Waals surface area contributed by atoms with Crippen LogP contribution in [0.15, 0.2) is 24.3 Å². The Labute approximate surface area is 172 Å². The Hall–Kier alpha value is -2.41. The molecule has 0 unspecified atom stereocenters. The highest BCUT2D eigenvalue weighted by molar-refractivity contribution is 5.76. The van der Waals surface area contributed by atoms with Crippen LogP contribution in [0.1, 0.15) is 48.9 Å². The number of hydrogen-bond acceptors (Lipinski definition) is 5. The minimum absolute atomic E-state index is 0.147. The molecular formula is C22H31N5O2. The third-order valence-electron chi connectivity index (χ3n) is 6.14. The summed E-state index contributed by atoms with van der Waals surface area (Å²) < 4.78 is 8.06. The number of amides is 1. The molecule has 7 heteroatoms. The molecule has 1 aromatic heterocycles. The number of carbonyl (C=O) groups excluding carboxylic acids is 1. The third kappa shape index (κ3) is 4.45. The van der Waals surface area contributed by atoms with Crippen LogP contribution in [0.4, 0.5) is 0 Å². The van der Waals surface area contributed by atoms with Gasteiger partial charge in [0.1, 0.15) is 17.4 Å². The van der Waals surface area contributed by atoms with Crippen molar-refractivity contribution in [3.05, 3.63) is 41.5 Å². The fourth-order valence-electron chi connectivity index (χ4n) is 4.37. The molecule has 156 valence electrons. The second kappa shape index (κ2) is 8.95. The molecule has 2 aliphatic rings. The molecule has 0 radical (unpaired) electrons. The first-order chi connectivity index (χ1) is 14.1. The number of hydrogen-bond donors (Lipinski definition) is 0. The van der Waals surface area contributed by atoms with Gasteiger partial charge in [-0.15, -0.1) is 10.2 Å². The predicted octanol–water partition coefficient (Wildman–Crippen LogP) is 2.60. The molecule has 1 amide bonds. The van der Waals surface area contributed by atoms with Crippen LogP contribution in [0.5, 0.6) is 5.75 Å². The van der Waals surface area contributed by atoms with Gasteiger partial charge in [0.2, 0.25) is 5.91 Å². The number of aryl methyl sites for hydroxylation is 1. The van der Waals surface area contributed by atoms with E-state index in [2.05, 4.69) is 26.7 Å². The quantitative estimate of drug-likeness (QED) is 0.776. The molecule has 2 aliphatic heterocycles. The number of rotatable bonds is 5. The molecule has 29 heavy (non-hydrogen) atoms. The average molecular weight is 398 g/mol. The molecule has 0 saturated carbocycles. The lowest BCUT2D eigenvalue weighted by atomic mass is 10.0. The number of para-hydroxylation sites is 1. The van der Waals surface area contributed by atoms with Crippen LogP contribution in [0.25, 0.3) is 0 Å². The van der Waals surface area contributed by atoms with Crippen molar-refractivity contribution in [2.75, 3.05) is 33.3 Å². The van der Waals surface area contributed by atoms with Crippen LogP contribution in [0.3, 0.4) is 0 Å². The lowest BCUT2D eigenvalue weighted by Crippen LogP contribution is -2.35. The van der Waals surface area contributed by atoms with Crippen molar-refractivity contribution in [2.24, 2.45) is 0 Å². The number of piperidine rings is 1. The Kier molecular flexibility index (Phi) is 6.13. The maximum Gasteiger partial charge on any atom is 0.226 e. The Morgan fingerprint density at radius 3 is 2.83 bits per heavy atom. The zero-order valence-electron chi connectivity index (χ0n) is 17.5. The monoisotopic (exact) mass is 397 g/mol. The molecule has 7 nitrogen and oxygen atoms in total. The van der Waals surface area contributed by atoms with E-state index < -0.39 is 0 Å². The number of ether oxygens (including phenoxy) is 1. The summed E-state index contributed by atoms with van der Waals surface area (Å²) in [5, 5.41) is 8.98. The summed E-state index contributed by atoms with van der Waals surface area (Å²) in [5.74, 6) is 3.07. The van der Waals surface area contributed by atoms with E-state index in [1.807, 2.05) is 36.1 Å². The van der Waals surface area contributed by atoms with E-state index in [1.165, 1.54) is 12.8 Å². The molecular weight excluding hydrogens is 366 g/mol. The summed E-state index contributed by atoms with van der Waals surface area (Å²) in [7, 11) is 2.17. The average Bonchev–Trinajstić information content (AvgIpc) is 3.00. The van der Waals surface area contributed by atoms with Gasteiger partial charge in [-0.05, 0) is 45.0 Å². The first-order valence-electron chi connectivity index (χ1n) is 10.7. The Bertz CT molecular complexity index is 849. The minimum atomic E-state index is 0.147. The zero-order valence-corrected chi connectivity index (χ0v) is 17.5. The highest BCUT2D eigenvalue weighted by Gasteiger charge is 2.29. The van der Waals surface area contributed by atoms with Crippen molar-refractivity contribution < 1.29 is 9.53 Å². The second-order valence-electron chi connectivity index (χ2n) is 8.11. The van der Waals surface area contributed by atoms with E-state index in [4.69, 9.17) is 4.74 Å². The number of fused-ring (bicyclic) bond motifs is 1. The lowest BCUT2D eigenvalue weighted by molar-refractivity contribution is -0.131. The summed E-state index contributed by atoms with van der Waals surface area (Å²) in [6, 6.07) is 8.25. The standard InChI is InChI=1S/C22H31N5O2/c1-17-7-3-4-9-19(17)29-16-11-21(28)26-13-10-20-23-24-22(27(20)15-14-26)18-8-5-6-12-25(18)2/h3-4,7,9,18H,5-6,8,10-16H2,1-2H3/t18-/m0/s1. The summed E-state index contributed by atoms with van der Waals surface area (Å²) in [4.78, 5) is 17.1. The third-order valence-corrected chi connectivity index (χ3v) is 6.14. The molecule has 1 atom stereocenters. The van der Waals surface area contributed by atoms with Crippen molar-refractivity contribution in [2.45, 2.75) is 51.6 Å². The lowest BCUT2D eigenvalue weighted by Gasteiger charge is -2.32. The largest absolute Gasteiger partial charge is 0.493 e. The minimum Gasteiger partial charge on any atom is -0.493 e. The first-order valence-corrected chi connectivity index (χ1v) is 10.7. The van der Waals surface area contributed by atoms with Crippen LogP contribution in [0.2, 0.25) is 0 Å². The molecule has 4 rings (SSSR count). The van der Waals surface area contributed by atoms with Crippen LogP contribution >= 0.6 is 0 Å². The van der Waals surface area contributed by atoms with Gasteiger partial charge in [0.05, 0.1) is 19.1 Å². The van der Waals surface area contributed by atoms with Crippen LogP contribution in [0, 0.1) is 6.92 Å². The number of carbonyl (C=O) groups is 1. The summed E-state index contributed by atoms with van der Waals surface area (Å²) in [5.41, 5.74) is 1.09. The molecule has 0 spiro atoms. The summed E-state index contributed by atoms with van der Waals surface area (Å²) in [6.45, 7) is 5.71. The van der Waals surface area contributed by atoms with Gasteiger partial charge >= 0.3 is 0 Å². The Balaban J connectivity index is 1.33. The molecule has 1 aromatic carbocycles. The van der Waals surface area contributed by atoms with Gasteiger partial charge in [-0.2, -0.15) is 0 Å². The van der Waals surface area contributed by atoms with Crippen LogP contribution in [-0.4, -0.2) is 63.8 Å². The van der Waals surface area contributed by atoms with Crippen LogP contribution in [-0.2, 0) is 17.8 Å². The van der Waals surface area contributed by atoms with E-state index >= 15 is 0 Å². The molecule has 1 saturated heterocycles. The van der Waals surface area contributed by atoms with Crippen molar-refractivity contribution >= 4 is 5.91 Å². The van der Waals surface area contributed by atoms with E-state index in [0.717, 1.165) is 48.9 Å². The number of nitrogens with zero attached hydrogens (tertiary/aromatic N) is 5. The maximum atomic E-state index is 12.7. The fraction of sp³-hybridized carbons (Fsp3) is 0.591. The number of benzene rings is 1. The second-order valence-corrected chi connectivity index (χ2v) is 8.11. The first kappa shape index (κ1) is 19.9. The van der Waals surface area contributed by atoms with E-state index in [0.29, 0.717) is 32.2 Å². The zero-order chi connectivity index (χ0) is 20.2. The van der Waals surface area contributed by atoms with Crippen molar-refractivity contribution in [3.63, 3.8) is 0 Å². The molecule has 0 bridgehead atoms. The molecule has 3 heterocycles. The topological polar surface area (TPSA) is 63.5 Å². The van der Waals surface area contributed by atoms with E-state index in [-0.39, 0.29) is 5.91 Å². The predicted molar refractivity (Wildman–Crippen MR) is 111 cm³/mol. The van der Waals surface area contributed by atoms with Crippen molar-refractivity contribution in [1.82, 2.24) is 24.6 Å². The van der Waals surface area contributed by atoms with Gasteiger partial charge in [-0.3, -0.25) is 9.69 Å². The fourth-order valence-corrected chi connectivity index (χ4v) is 4.37. The van der Waals surface area contributed by atoms with Gasteiger partial charge < -0.3 is 14.2 Å². The van der Waals surface area contributed by atoms with Gasteiger partial charge in [0, 0.05) is 26.1 Å². The Morgan fingerprint density at radius 1 is 1.14 bits per heavy atom. The smallest absolute Gasteiger partial charge is 0.226 e. The van der Waals surface area contributed by atoms with Crippen molar-refractivity contribution in [3.8, 4) is 5.75 Å². The molecule has 1 fully saturated rings. The number of aromatic nitrogens is 3. The van der Waals surface area contributed by atoms with Crippen molar-refractivity contribution in [1.29, 1.82) is 0 Å². The SMILES string of the molecule is Cc1ccccc1OCCC(=O)N1CCc2nnc([C@@H]3CCCCN3C)n2CC1. The molecule has 0 N–H and O–H groups in total. The van der Waals surface area contributed by atoms with Gasteiger partial charge in [-0.25, -0.2) is 0 Å². The molecule has 0 aliphatic carbocycles. The van der Waals surface area contributed by atoms with Gasteiger partial charge in [0.25, 0.3) is 0 Å². The van der Waals surface area contributed by atoms with Crippen LogP contribution < -0.4 is 4.74 Å². The Morgan fingerprint density at radius 2 is 2.00 bits per heavy atom. The highest BCUT2D eigenvalue weighted by atomic mass is 16.5. The highest BCUT2D eigenvalue weighted by Crippen LogP contribution is 2.29. The van der Waals surface area contributed by atoms with E-state index in [9.17, 15) is 4.79 Å².